The van der Waals surface area contributed by atoms with Crippen LogP contribution in [0.15, 0.2) is 12.7 Å². The molecule has 3 N–H and O–H groups in total. The summed E-state index contributed by atoms with van der Waals surface area (Å²) in [5.74, 6) is -0.970. The highest BCUT2D eigenvalue weighted by molar-refractivity contribution is 7.56. The number of esters is 2. The van der Waals surface area contributed by atoms with Gasteiger partial charge in [0.15, 0.2) is 17.6 Å². The van der Waals surface area contributed by atoms with Gasteiger partial charge in [-0.05, 0) is 67.2 Å². The molecule has 212 valence electrons. The van der Waals surface area contributed by atoms with Gasteiger partial charge in [-0.15, -0.1) is 0 Å². The van der Waals surface area contributed by atoms with Crippen molar-refractivity contribution in [3.05, 3.63) is 12.7 Å². The normalized spacial score (nSPS) is 17.9. The highest BCUT2D eigenvalue weighted by Crippen LogP contribution is 2.46. The van der Waals surface area contributed by atoms with Crippen molar-refractivity contribution in [2.24, 2.45) is 0 Å². The molecule has 1 aliphatic carbocycles. The molecule has 1 fully saturated rings. The van der Waals surface area contributed by atoms with Gasteiger partial charge in [-0.3, -0.25) is 9.36 Å². The van der Waals surface area contributed by atoms with Crippen molar-refractivity contribution in [3.8, 4) is 0 Å². The lowest BCUT2D eigenvalue weighted by Crippen LogP contribution is -2.48. The molecule has 38 heavy (non-hydrogen) atoms. The standard InChI is InChI=1S/C24H39N6O7P/c1-15(2)35-23(32)24(5,6)29-38(33,37-17(4)22(31)36-18-9-7-8-10-18)14-34-16(3)11-30-13-28-19-20(25)26-12-27-21(19)30/h12-13,15-18H,7-11,14H2,1-6H3,(H,29,33)(H2,25,26,27)/t16-,17+,38?/m1/s1. The largest absolute Gasteiger partial charge is 0.462 e. The maximum Gasteiger partial charge on any atom is 0.335 e. The zero-order chi connectivity index (χ0) is 28.1. The SMILES string of the molecule is CC(C)OC(=O)C(C)(C)NP(=O)(CO[C@H](C)Cn1cnc2c(N)ncnc21)O[C@@H](C)C(=O)OC1CCCC1. The molecule has 0 amide bonds. The summed E-state index contributed by atoms with van der Waals surface area (Å²) in [6, 6.07) is 0. The Morgan fingerprint density at radius 3 is 2.53 bits per heavy atom. The van der Waals surface area contributed by atoms with Crippen molar-refractivity contribution in [3.63, 3.8) is 0 Å². The lowest BCUT2D eigenvalue weighted by atomic mass is 10.1. The second-order valence-corrected chi connectivity index (χ2v) is 12.4. The summed E-state index contributed by atoms with van der Waals surface area (Å²) < 4.78 is 38.2. The summed E-state index contributed by atoms with van der Waals surface area (Å²) in [7, 11) is -3.94. The molecule has 1 aliphatic rings. The molecule has 1 unspecified atom stereocenters. The molecule has 0 spiro atoms. The van der Waals surface area contributed by atoms with Gasteiger partial charge < -0.3 is 29.0 Å². The Hall–Kier alpha value is -2.60. The Balaban J connectivity index is 1.71. The van der Waals surface area contributed by atoms with Crippen LogP contribution in [-0.2, 0) is 39.4 Å². The Bertz CT molecular complexity index is 1160. The van der Waals surface area contributed by atoms with Crippen LogP contribution in [0.3, 0.4) is 0 Å². The van der Waals surface area contributed by atoms with Gasteiger partial charge in [-0.25, -0.2) is 24.8 Å². The number of rotatable bonds is 13. The molecular formula is C24H39N6O7P. The minimum absolute atomic E-state index is 0.169. The number of hydrogen-bond acceptors (Lipinski definition) is 11. The minimum Gasteiger partial charge on any atom is -0.462 e. The summed E-state index contributed by atoms with van der Waals surface area (Å²) in [6.45, 7) is 10.0. The number of fused-ring (bicyclic) bond motifs is 1. The molecule has 0 aromatic carbocycles. The van der Waals surface area contributed by atoms with Crippen LogP contribution in [-0.4, -0.2) is 67.8 Å². The fraction of sp³-hybridized carbons (Fsp3) is 0.708. The second-order valence-electron chi connectivity index (χ2n) is 10.4. The van der Waals surface area contributed by atoms with E-state index in [2.05, 4.69) is 20.0 Å². The maximum absolute atomic E-state index is 14.0. The fourth-order valence-electron chi connectivity index (χ4n) is 4.07. The summed E-state index contributed by atoms with van der Waals surface area (Å²) in [4.78, 5) is 37.7. The molecule has 0 bridgehead atoms. The number of carbonyl (C=O) groups is 2. The van der Waals surface area contributed by atoms with Crippen molar-refractivity contribution < 1.29 is 32.9 Å². The van der Waals surface area contributed by atoms with E-state index in [1.807, 2.05) is 0 Å². The number of nitrogen functional groups attached to an aromatic ring is 1. The molecule has 13 nitrogen and oxygen atoms in total. The average Bonchev–Trinajstić information content (AvgIpc) is 3.48. The first-order valence-corrected chi connectivity index (χ1v) is 14.6. The molecule has 1 saturated carbocycles. The van der Waals surface area contributed by atoms with E-state index in [1.54, 1.807) is 31.7 Å². The number of hydrogen-bond donors (Lipinski definition) is 2. The Morgan fingerprint density at radius 1 is 1.18 bits per heavy atom. The maximum atomic E-state index is 14.0. The van der Waals surface area contributed by atoms with Crippen LogP contribution in [0, 0.1) is 0 Å². The number of nitrogens with one attached hydrogen (secondary N) is 1. The fourth-order valence-corrected chi connectivity index (χ4v) is 6.24. The van der Waals surface area contributed by atoms with E-state index in [4.69, 9.17) is 24.5 Å². The highest BCUT2D eigenvalue weighted by atomic mass is 31.2. The van der Waals surface area contributed by atoms with Crippen LogP contribution < -0.4 is 10.8 Å². The lowest BCUT2D eigenvalue weighted by Gasteiger charge is -2.32. The molecule has 0 aliphatic heterocycles. The van der Waals surface area contributed by atoms with E-state index in [0.717, 1.165) is 25.7 Å². The topological polar surface area (TPSA) is 170 Å². The van der Waals surface area contributed by atoms with Crippen LogP contribution in [0.2, 0.25) is 0 Å². The zero-order valence-corrected chi connectivity index (χ0v) is 23.8. The highest BCUT2D eigenvalue weighted by Gasteiger charge is 2.41. The van der Waals surface area contributed by atoms with Crippen molar-refractivity contribution >= 4 is 36.4 Å². The molecule has 3 atom stereocenters. The number of nitrogens with two attached hydrogens (primary N) is 1. The third-order valence-electron chi connectivity index (χ3n) is 5.96. The van der Waals surface area contributed by atoms with Gasteiger partial charge in [-0.1, -0.05) is 0 Å². The number of ether oxygens (including phenoxy) is 3. The molecule has 2 aromatic rings. The average molecular weight is 555 g/mol. The van der Waals surface area contributed by atoms with Gasteiger partial charge >= 0.3 is 11.9 Å². The van der Waals surface area contributed by atoms with Crippen molar-refractivity contribution in [2.75, 3.05) is 12.1 Å². The first kappa shape index (κ1) is 29.9. The zero-order valence-electron chi connectivity index (χ0n) is 22.9. The predicted molar refractivity (Wildman–Crippen MR) is 140 cm³/mol. The first-order chi connectivity index (χ1) is 17.8. The summed E-state index contributed by atoms with van der Waals surface area (Å²) in [5.41, 5.74) is 5.47. The van der Waals surface area contributed by atoms with Gasteiger partial charge in [0.25, 0.3) is 7.52 Å². The predicted octanol–water partition coefficient (Wildman–Crippen LogP) is 3.17. The lowest BCUT2D eigenvalue weighted by molar-refractivity contribution is -0.156. The molecule has 3 rings (SSSR count). The number of anilines is 1. The molecule has 2 heterocycles. The molecule has 0 saturated heterocycles. The van der Waals surface area contributed by atoms with Crippen LogP contribution >= 0.6 is 7.52 Å². The molecular weight excluding hydrogens is 515 g/mol. The number of nitrogens with zero attached hydrogens (tertiary/aromatic N) is 4. The third kappa shape index (κ3) is 7.95. The molecule has 2 aromatic heterocycles. The third-order valence-corrected chi connectivity index (χ3v) is 8.01. The Labute approximate surface area is 222 Å². The van der Waals surface area contributed by atoms with E-state index >= 15 is 0 Å². The summed E-state index contributed by atoms with van der Waals surface area (Å²) >= 11 is 0. The number of carbonyl (C=O) groups excluding carboxylic acids is 2. The van der Waals surface area contributed by atoms with Crippen LogP contribution in [0.1, 0.15) is 67.2 Å². The van der Waals surface area contributed by atoms with Crippen LogP contribution in [0.4, 0.5) is 5.82 Å². The van der Waals surface area contributed by atoms with E-state index in [0.29, 0.717) is 17.7 Å². The smallest absolute Gasteiger partial charge is 0.335 e. The van der Waals surface area contributed by atoms with E-state index in [-0.39, 0.29) is 18.0 Å². The number of aromatic nitrogens is 4. The van der Waals surface area contributed by atoms with Crippen LogP contribution in [0.5, 0.6) is 0 Å². The monoisotopic (exact) mass is 554 g/mol. The number of imidazole rings is 1. The van der Waals surface area contributed by atoms with E-state index in [9.17, 15) is 14.2 Å². The van der Waals surface area contributed by atoms with Gasteiger partial charge in [0.2, 0.25) is 0 Å². The van der Waals surface area contributed by atoms with Crippen molar-refractivity contribution in [2.45, 2.75) is 104 Å². The molecule has 14 heteroatoms. The second kappa shape index (κ2) is 12.5. The van der Waals surface area contributed by atoms with Crippen LogP contribution in [0.25, 0.3) is 11.2 Å². The van der Waals surface area contributed by atoms with Gasteiger partial charge in [0, 0.05) is 0 Å². The van der Waals surface area contributed by atoms with E-state index in [1.165, 1.54) is 27.1 Å². The Kier molecular flexibility index (Phi) is 9.85. The summed E-state index contributed by atoms with van der Waals surface area (Å²) in [6.07, 6.45) is 3.90. The Morgan fingerprint density at radius 2 is 1.87 bits per heavy atom. The van der Waals surface area contributed by atoms with E-state index < -0.39 is 43.6 Å². The van der Waals surface area contributed by atoms with Crippen molar-refractivity contribution in [1.29, 1.82) is 0 Å². The summed E-state index contributed by atoms with van der Waals surface area (Å²) in [5, 5.41) is 2.78. The van der Waals surface area contributed by atoms with Gasteiger partial charge in [-0.2, -0.15) is 0 Å². The quantitative estimate of drug-likeness (QED) is 0.274. The van der Waals surface area contributed by atoms with Gasteiger partial charge in [0.05, 0.1) is 25.1 Å². The van der Waals surface area contributed by atoms with Gasteiger partial charge in [0.1, 0.15) is 29.8 Å². The van der Waals surface area contributed by atoms with Crippen molar-refractivity contribution in [1.82, 2.24) is 24.6 Å². The first-order valence-electron chi connectivity index (χ1n) is 12.8. The molecule has 0 radical (unpaired) electrons. The minimum atomic E-state index is -3.94.